The number of rotatable bonds is 13. The number of carboxylic acid groups (broad SMARTS) is 2. The highest BCUT2D eigenvalue weighted by atomic mass is 35.5. The van der Waals surface area contributed by atoms with Crippen LogP contribution in [0.2, 0.25) is 0 Å². The fourth-order valence-corrected chi connectivity index (χ4v) is 4.05. The molecule has 1 aliphatic carbocycles. The zero-order chi connectivity index (χ0) is 21.9. The van der Waals surface area contributed by atoms with E-state index in [4.69, 9.17) is 17.5 Å². The lowest BCUT2D eigenvalue weighted by molar-refractivity contribution is -0.166. The van der Waals surface area contributed by atoms with Crippen LogP contribution < -0.4 is 11.2 Å². The highest BCUT2D eigenvalue weighted by molar-refractivity contribution is 6.18. The average molecular weight is 436 g/mol. The number of hydrogen-bond donors (Lipinski definition) is 4. The molecule has 168 valence electrons. The Morgan fingerprint density at radius 1 is 1.14 bits per heavy atom. The van der Waals surface area contributed by atoms with Crippen molar-refractivity contribution in [2.24, 2.45) is 17.2 Å². The third-order valence-corrected chi connectivity index (χ3v) is 5.99. The molecule has 0 aromatic heterocycles. The van der Waals surface area contributed by atoms with Crippen molar-refractivity contribution in [3.8, 4) is 0 Å². The minimum absolute atomic E-state index is 0.0278. The summed E-state index contributed by atoms with van der Waals surface area (Å²) in [5, 5.41) is 23.1. The van der Waals surface area contributed by atoms with Gasteiger partial charge in [0.1, 0.15) is 0 Å². The number of carbonyl (C=O) groups is 3. The third kappa shape index (κ3) is 7.64. The van der Waals surface area contributed by atoms with Crippen molar-refractivity contribution < 1.29 is 29.5 Å². The number of hydroxylamine groups is 2. The Kier molecular flexibility index (Phi) is 11.3. The number of nitrogens with one attached hydrogen (secondary N) is 1. The Bertz CT molecular complexity index is 526. The van der Waals surface area contributed by atoms with Crippen LogP contribution >= 0.6 is 11.6 Å². The number of halogens is 1. The van der Waals surface area contributed by atoms with Crippen LogP contribution in [0, 0.1) is 11.3 Å². The molecule has 10 heteroatoms. The van der Waals surface area contributed by atoms with Crippen LogP contribution in [0.15, 0.2) is 0 Å². The monoisotopic (exact) mass is 435 g/mol. The SMILES string of the molecule is CCCCCC(CCC1CCC(NC(=O)N(CCCl)ON)CC1)(C(=O)O)C(=O)O. The number of urea groups is 1. The highest BCUT2D eigenvalue weighted by Gasteiger charge is 2.46. The second-order valence-electron chi connectivity index (χ2n) is 7.75. The number of carboxylic acids is 2. The molecule has 0 aromatic rings. The van der Waals surface area contributed by atoms with Gasteiger partial charge in [0.05, 0.1) is 6.54 Å². The summed E-state index contributed by atoms with van der Waals surface area (Å²) < 4.78 is 0. The first-order valence-corrected chi connectivity index (χ1v) is 10.8. The number of alkyl halides is 1. The minimum Gasteiger partial charge on any atom is -0.480 e. The first kappa shape index (κ1) is 25.5. The number of unbranched alkanes of at least 4 members (excludes halogenated alkanes) is 2. The summed E-state index contributed by atoms with van der Waals surface area (Å²) in [7, 11) is 0. The van der Waals surface area contributed by atoms with Gasteiger partial charge in [0.15, 0.2) is 5.41 Å². The minimum atomic E-state index is -1.71. The van der Waals surface area contributed by atoms with Crippen molar-refractivity contribution in [3.63, 3.8) is 0 Å². The van der Waals surface area contributed by atoms with E-state index in [1.165, 1.54) is 0 Å². The standard InChI is InChI=1S/C19H34ClN3O6/c1-2-3-4-10-19(16(24)25,17(26)27)11-9-14-5-7-15(8-6-14)22-18(28)23(29-21)13-12-20/h14-15H,2-13,21H2,1H3,(H,22,28)(H,24,25)(H,26,27). The number of hydrogen-bond acceptors (Lipinski definition) is 5. The van der Waals surface area contributed by atoms with E-state index in [-0.39, 0.29) is 37.2 Å². The summed E-state index contributed by atoms with van der Waals surface area (Å²) in [5.74, 6) is 3.02. The Morgan fingerprint density at radius 3 is 2.24 bits per heavy atom. The fourth-order valence-electron chi connectivity index (χ4n) is 3.89. The summed E-state index contributed by atoms with van der Waals surface area (Å²) in [6.07, 6.45) is 6.23. The van der Waals surface area contributed by atoms with Gasteiger partial charge in [-0.15, -0.1) is 11.6 Å². The van der Waals surface area contributed by atoms with Gasteiger partial charge in [0.25, 0.3) is 0 Å². The third-order valence-electron chi connectivity index (χ3n) is 5.82. The zero-order valence-corrected chi connectivity index (χ0v) is 17.8. The molecule has 29 heavy (non-hydrogen) atoms. The summed E-state index contributed by atoms with van der Waals surface area (Å²) in [4.78, 5) is 40.1. The molecule has 2 amide bonds. The molecule has 5 N–H and O–H groups in total. The van der Waals surface area contributed by atoms with Gasteiger partial charge in [-0.3, -0.25) is 9.59 Å². The molecule has 0 bridgehead atoms. The number of nitrogens with two attached hydrogens (primary N) is 1. The van der Waals surface area contributed by atoms with Crippen LogP contribution in [-0.4, -0.2) is 51.7 Å². The van der Waals surface area contributed by atoms with Crippen LogP contribution in [0.5, 0.6) is 0 Å². The van der Waals surface area contributed by atoms with E-state index in [0.29, 0.717) is 12.8 Å². The first-order chi connectivity index (χ1) is 13.8. The predicted octanol–water partition coefficient (Wildman–Crippen LogP) is 3.12. The van der Waals surface area contributed by atoms with Gasteiger partial charge in [0.2, 0.25) is 0 Å². The molecular formula is C19H34ClN3O6. The van der Waals surface area contributed by atoms with E-state index in [9.17, 15) is 24.6 Å². The molecule has 1 rings (SSSR count). The second kappa shape index (κ2) is 12.9. The van der Waals surface area contributed by atoms with Gasteiger partial charge in [-0.2, -0.15) is 15.9 Å². The maximum Gasteiger partial charge on any atom is 0.343 e. The quantitative estimate of drug-likeness (QED) is 0.150. The van der Waals surface area contributed by atoms with Gasteiger partial charge in [0, 0.05) is 11.9 Å². The Hall–Kier alpha value is -1.58. The molecule has 0 radical (unpaired) electrons. The van der Waals surface area contributed by atoms with E-state index in [1.54, 1.807) is 0 Å². The van der Waals surface area contributed by atoms with E-state index >= 15 is 0 Å². The van der Waals surface area contributed by atoms with Gasteiger partial charge in [-0.25, -0.2) is 4.79 Å². The van der Waals surface area contributed by atoms with Crippen LogP contribution in [0.25, 0.3) is 0 Å². The topological polar surface area (TPSA) is 142 Å². The lowest BCUT2D eigenvalue weighted by Crippen LogP contribution is -2.47. The molecule has 0 atom stereocenters. The zero-order valence-electron chi connectivity index (χ0n) is 17.1. The van der Waals surface area contributed by atoms with Crippen LogP contribution in [0.4, 0.5) is 4.79 Å². The fraction of sp³-hybridized carbons (Fsp3) is 0.842. The van der Waals surface area contributed by atoms with Crippen molar-refractivity contribution in [1.82, 2.24) is 10.4 Å². The highest BCUT2D eigenvalue weighted by Crippen LogP contribution is 2.37. The largest absolute Gasteiger partial charge is 0.480 e. The molecule has 0 spiro atoms. The van der Waals surface area contributed by atoms with Crippen LogP contribution in [0.1, 0.15) is 71.1 Å². The van der Waals surface area contributed by atoms with Crippen molar-refractivity contribution in [2.45, 2.75) is 77.2 Å². The van der Waals surface area contributed by atoms with E-state index in [2.05, 4.69) is 10.3 Å². The summed E-state index contributed by atoms with van der Waals surface area (Å²) in [5.41, 5.74) is -1.71. The predicted molar refractivity (Wildman–Crippen MR) is 108 cm³/mol. The summed E-state index contributed by atoms with van der Waals surface area (Å²) in [6.45, 7) is 2.17. The molecule has 0 saturated heterocycles. The molecule has 0 unspecified atom stereocenters. The molecule has 0 aromatic carbocycles. The van der Waals surface area contributed by atoms with E-state index < -0.39 is 23.4 Å². The molecule has 1 aliphatic rings. The Labute approximate surface area is 176 Å². The van der Waals surface area contributed by atoms with Crippen molar-refractivity contribution in [3.05, 3.63) is 0 Å². The van der Waals surface area contributed by atoms with Gasteiger partial charge in [-0.05, 0) is 50.9 Å². The maximum absolute atomic E-state index is 12.1. The van der Waals surface area contributed by atoms with Gasteiger partial charge in [-0.1, -0.05) is 26.2 Å². The van der Waals surface area contributed by atoms with Crippen LogP contribution in [0.3, 0.4) is 0 Å². The molecule has 0 heterocycles. The number of amides is 2. The number of carbonyl (C=O) groups excluding carboxylic acids is 1. The lowest BCUT2D eigenvalue weighted by atomic mass is 9.74. The molecular weight excluding hydrogens is 402 g/mol. The van der Waals surface area contributed by atoms with E-state index in [1.807, 2.05) is 6.92 Å². The Morgan fingerprint density at radius 2 is 1.76 bits per heavy atom. The molecule has 1 fully saturated rings. The summed E-state index contributed by atoms with van der Waals surface area (Å²) >= 11 is 5.60. The van der Waals surface area contributed by atoms with E-state index in [0.717, 1.165) is 43.6 Å². The van der Waals surface area contributed by atoms with Crippen molar-refractivity contribution in [1.29, 1.82) is 0 Å². The normalized spacial score (nSPS) is 19.6. The number of aliphatic carboxylic acids is 2. The van der Waals surface area contributed by atoms with Gasteiger partial charge < -0.3 is 15.5 Å². The maximum atomic E-state index is 12.1. The summed E-state index contributed by atoms with van der Waals surface area (Å²) in [6, 6.07) is -0.469. The average Bonchev–Trinajstić information content (AvgIpc) is 2.69. The second-order valence-corrected chi connectivity index (χ2v) is 8.13. The van der Waals surface area contributed by atoms with Crippen molar-refractivity contribution in [2.75, 3.05) is 12.4 Å². The number of nitrogens with zero attached hydrogens (tertiary/aromatic N) is 1. The Balaban J connectivity index is 2.54. The molecule has 0 aliphatic heterocycles. The smallest absolute Gasteiger partial charge is 0.343 e. The van der Waals surface area contributed by atoms with Crippen molar-refractivity contribution >= 4 is 29.6 Å². The lowest BCUT2D eigenvalue weighted by Gasteiger charge is -2.32. The van der Waals surface area contributed by atoms with Crippen LogP contribution in [-0.2, 0) is 14.5 Å². The first-order valence-electron chi connectivity index (χ1n) is 10.3. The van der Waals surface area contributed by atoms with Gasteiger partial charge >= 0.3 is 18.0 Å². The molecule has 9 nitrogen and oxygen atoms in total. The molecule has 1 saturated carbocycles.